The van der Waals surface area contributed by atoms with Gasteiger partial charge in [-0.1, -0.05) is 0 Å². The fraction of sp³-hybridized carbons (Fsp3) is 0.556. The summed E-state index contributed by atoms with van der Waals surface area (Å²) in [7, 11) is 3.96. The number of rotatable bonds is 4. The average Bonchev–Trinajstić information content (AvgIpc) is 2.51. The maximum absolute atomic E-state index is 9.06. The highest BCUT2D eigenvalue weighted by Crippen LogP contribution is 2.15. The van der Waals surface area contributed by atoms with E-state index in [0.29, 0.717) is 0 Å². The van der Waals surface area contributed by atoms with Crippen molar-refractivity contribution in [1.29, 1.82) is 0 Å². The Morgan fingerprint density at radius 2 is 2.33 bits per heavy atom. The molecule has 0 bridgehead atoms. The van der Waals surface area contributed by atoms with E-state index >= 15 is 0 Å². The SMILES string of the molecule is CN(C)CC(CO)c1ccco1. The van der Waals surface area contributed by atoms with Crippen LogP contribution >= 0.6 is 0 Å². The fourth-order valence-electron chi connectivity index (χ4n) is 1.20. The summed E-state index contributed by atoms with van der Waals surface area (Å²) >= 11 is 0. The molecule has 3 heteroatoms. The number of aliphatic hydroxyl groups excluding tert-OH is 1. The highest BCUT2D eigenvalue weighted by atomic mass is 16.3. The molecule has 1 unspecified atom stereocenters. The zero-order chi connectivity index (χ0) is 8.97. The predicted molar refractivity (Wildman–Crippen MR) is 47.1 cm³/mol. The van der Waals surface area contributed by atoms with Crippen LogP contribution in [0.5, 0.6) is 0 Å². The van der Waals surface area contributed by atoms with Crippen LogP contribution in [0, 0.1) is 0 Å². The minimum absolute atomic E-state index is 0.0926. The van der Waals surface area contributed by atoms with Crippen molar-refractivity contribution in [3.8, 4) is 0 Å². The second-order valence-electron chi connectivity index (χ2n) is 3.16. The summed E-state index contributed by atoms with van der Waals surface area (Å²) < 4.78 is 5.20. The molecule has 0 spiro atoms. The van der Waals surface area contributed by atoms with Gasteiger partial charge in [0, 0.05) is 6.54 Å². The normalized spacial score (nSPS) is 13.7. The van der Waals surface area contributed by atoms with Crippen LogP contribution in [0.15, 0.2) is 22.8 Å². The Balaban J connectivity index is 2.57. The van der Waals surface area contributed by atoms with Gasteiger partial charge in [-0.25, -0.2) is 0 Å². The minimum Gasteiger partial charge on any atom is -0.469 e. The van der Waals surface area contributed by atoms with Gasteiger partial charge in [-0.3, -0.25) is 0 Å². The Morgan fingerprint density at radius 1 is 1.58 bits per heavy atom. The van der Waals surface area contributed by atoms with Crippen molar-refractivity contribution in [2.75, 3.05) is 27.2 Å². The monoisotopic (exact) mass is 169 g/mol. The van der Waals surface area contributed by atoms with Gasteiger partial charge in [-0.2, -0.15) is 0 Å². The number of furan rings is 1. The van der Waals surface area contributed by atoms with Crippen LogP contribution < -0.4 is 0 Å². The van der Waals surface area contributed by atoms with Crippen molar-refractivity contribution in [1.82, 2.24) is 4.90 Å². The van der Waals surface area contributed by atoms with Gasteiger partial charge in [0.25, 0.3) is 0 Å². The molecular weight excluding hydrogens is 154 g/mol. The lowest BCUT2D eigenvalue weighted by Gasteiger charge is -2.16. The lowest BCUT2D eigenvalue weighted by Crippen LogP contribution is -2.22. The first kappa shape index (κ1) is 9.29. The molecule has 1 atom stereocenters. The number of likely N-dealkylation sites (N-methyl/N-ethyl adjacent to an activating group) is 1. The van der Waals surface area contributed by atoms with Gasteiger partial charge in [0.1, 0.15) is 5.76 Å². The molecule has 1 rings (SSSR count). The van der Waals surface area contributed by atoms with Crippen molar-refractivity contribution < 1.29 is 9.52 Å². The fourth-order valence-corrected chi connectivity index (χ4v) is 1.20. The predicted octanol–water partition coefficient (Wildman–Crippen LogP) is 0.917. The van der Waals surface area contributed by atoms with Gasteiger partial charge >= 0.3 is 0 Å². The highest BCUT2D eigenvalue weighted by molar-refractivity contribution is 5.05. The van der Waals surface area contributed by atoms with Crippen molar-refractivity contribution in [2.24, 2.45) is 0 Å². The quantitative estimate of drug-likeness (QED) is 0.728. The van der Waals surface area contributed by atoms with E-state index in [1.54, 1.807) is 6.26 Å². The first-order chi connectivity index (χ1) is 5.74. The van der Waals surface area contributed by atoms with Gasteiger partial charge in [0.05, 0.1) is 18.8 Å². The Morgan fingerprint density at radius 3 is 2.75 bits per heavy atom. The summed E-state index contributed by atoms with van der Waals surface area (Å²) in [5, 5.41) is 9.06. The van der Waals surface area contributed by atoms with Crippen molar-refractivity contribution in [2.45, 2.75) is 5.92 Å². The van der Waals surface area contributed by atoms with Crippen LogP contribution in [0.1, 0.15) is 11.7 Å². The molecule has 1 aromatic heterocycles. The second kappa shape index (κ2) is 4.28. The largest absolute Gasteiger partial charge is 0.469 e. The van der Waals surface area contributed by atoms with Crippen LogP contribution in [0.3, 0.4) is 0 Å². The zero-order valence-corrected chi connectivity index (χ0v) is 7.53. The molecule has 0 saturated heterocycles. The van der Waals surface area contributed by atoms with E-state index in [4.69, 9.17) is 9.52 Å². The highest BCUT2D eigenvalue weighted by Gasteiger charge is 2.13. The molecule has 0 aromatic carbocycles. The third-order valence-electron chi connectivity index (χ3n) is 1.75. The van der Waals surface area contributed by atoms with Crippen molar-refractivity contribution in [3.63, 3.8) is 0 Å². The first-order valence-corrected chi connectivity index (χ1v) is 4.03. The van der Waals surface area contributed by atoms with E-state index < -0.39 is 0 Å². The van der Waals surface area contributed by atoms with E-state index in [-0.39, 0.29) is 12.5 Å². The Bertz CT molecular complexity index is 206. The maximum atomic E-state index is 9.06. The summed E-state index contributed by atoms with van der Waals surface area (Å²) in [6, 6.07) is 3.73. The topological polar surface area (TPSA) is 36.6 Å². The van der Waals surface area contributed by atoms with Crippen LogP contribution in [-0.4, -0.2) is 37.3 Å². The van der Waals surface area contributed by atoms with E-state index in [2.05, 4.69) is 0 Å². The Hall–Kier alpha value is -0.800. The summed E-state index contributed by atoms with van der Waals surface area (Å²) in [5.74, 6) is 0.946. The van der Waals surface area contributed by atoms with Crippen LogP contribution in [0.25, 0.3) is 0 Å². The maximum Gasteiger partial charge on any atom is 0.110 e. The van der Waals surface area contributed by atoms with E-state index in [0.717, 1.165) is 12.3 Å². The van der Waals surface area contributed by atoms with Crippen LogP contribution in [-0.2, 0) is 0 Å². The van der Waals surface area contributed by atoms with Gasteiger partial charge < -0.3 is 14.4 Å². The molecule has 0 fully saturated rings. The minimum atomic E-state index is 0.0926. The second-order valence-corrected chi connectivity index (χ2v) is 3.16. The molecule has 0 saturated carbocycles. The molecule has 0 aliphatic rings. The molecule has 1 N–H and O–H groups in total. The summed E-state index contributed by atoms with van der Waals surface area (Å²) in [4.78, 5) is 2.03. The molecule has 3 nitrogen and oxygen atoms in total. The van der Waals surface area contributed by atoms with Crippen molar-refractivity contribution in [3.05, 3.63) is 24.2 Å². The lowest BCUT2D eigenvalue weighted by molar-refractivity contribution is 0.218. The molecular formula is C9H15NO2. The van der Waals surface area contributed by atoms with E-state index in [1.165, 1.54) is 0 Å². The average molecular weight is 169 g/mol. The molecule has 0 aliphatic carbocycles. The molecule has 0 amide bonds. The van der Waals surface area contributed by atoms with Gasteiger partial charge in [0.2, 0.25) is 0 Å². The summed E-state index contributed by atoms with van der Waals surface area (Å²) in [6.07, 6.45) is 1.63. The zero-order valence-electron chi connectivity index (χ0n) is 7.53. The first-order valence-electron chi connectivity index (χ1n) is 4.03. The Kier molecular flexibility index (Phi) is 3.31. The van der Waals surface area contributed by atoms with Crippen molar-refractivity contribution >= 4 is 0 Å². The third-order valence-corrected chi connectivity index (χ3v) is 1.75. The molecule has 12 heavy (non-hydrogen) atoms. The summed E-state index contributed by atoms with van der Waals surface area (Å²) in [6.45, 7) is 0.940. The summed E-state index contributed by atoms with van der Waals surface area (Å²) in [5.41, 5.74) is 0. The van der Waals surface area contributed by atoms with Crippen LogP contribution in [0.4, 0.5) is 0 Å². The number of nitrogens with zero attached hydrogens (tertiary/aromatic N) is 1. The molecule has 0 aliphatic heterocycles. The standard InChI is InChI=1S/C9H15NO2/c1-10(2)6-8(7-11)9-4-3-5-12-9/h3-5,8,11H,6-7H2,1-2H3. The Labute approximate surface area is 72.6 Å². The van der Waals surface area contributed by atoms with Crippen LogP contribution in [0.2, 0.25) is 0 Å². The lowest BCUT2D eigenvalue weighted by atomic mass is 10.1. The number of hydrogen-bond acceptors (Lipinski definition) is 3. The molecule has 68 valence electrons. The molecule has 0 radical (unpaired) electrons. The number of aliphatic hydroxyl groups is 1. The van der Waals surface area contributed by atoms with Gasteiger partial charge in [0.15, 0.2) is 0 Å². The molecule has 1 aromatic rings. The third kappa shape index (κ3) is 2.36. The van der Waals surface area contributed by atoms with Gasteiger partial charge in [-0.15, -0.1) is 0 Å². The smallest absolute Gasteiger partial charge is 0.110 e. The van der Waals surface area contributed by atoms with E-state index in [9.17, 15) is 0 Å². The van der Waals surface area contributed by atoms with E-state index in [1.807, 2.05) is 31.1 Å². The molecule has 1 heterocycles. The number of hydrogen-bond donors (Lipinski definition) is 1. The van der Waals surface area contributed by atoms with Gasteiger partial charge in [-0.05, 0) is 26.2 Å².